The summed E-state index contributed by atoms with van der Waals surface area (Å²) in [6.07, 6.45) is 3.19. The first-order valence-electron chi connectivity index (χ1n) is 8.11. The Morgan fingerprint density at radius 3 is 2.52 bits per heavy atom. The molecule has 0 saturated carbocycles. The summed E-state index contributed by atoms with van der Waals surface area (Å²) in [6, 6.07) is 15.9. The van der Waals surface area contributed by atoms with Gasteiger partial charge < -0.3 is 0 Å². The molecule has 0 fully saturated rings. The minimum absolute atomic E-state index is 0.215. The maximum atomic E-state index is 13.2. The summed E-state index contributed by atoms with van der Waals surface area (Å²) in [6.45, 7) is 1.91. The quantitative estimate of drug-likeness (QED) is 0.395. The molecular formula is C20H14BrClN2O2S. The Kier molecular flexibility index (Phi) is 4.58. The minimum atomic E-state index is -3.79. The smallest absolute Gasteiger partial charge is 0.236 e. The highest BCUT2D eigenvalue weighted by Gasteiger charge is 2.23. The van der Waals surface area contributed by atoms with E-state index in [1.54, 1.807) is 48.8 Å². The summed E-state index contributed by atoms with van der Waals surface area (Å²) < 4.78 is 28.5. The normalized spacial score (nSPS) is 11.8. The van der Waals surface area contributed by atoms with Crippen LogP contribution in [0.25, 0.3) is 22.2 Å². The number of halogens is 2. The fourth-order valence-electron chi connectivity index (χ4n) is 2.95. The van der Waals surface area contributed by atoms with Gasteiger partial charge in [-0.15, -0.1) is 0 Å². The molecule has 0 aliphatic rings. The molecule has 0 unspecified atom stereocenters. The molecule has 0 amide bonds. The third-order valence-electron chi connectivity index (χ3n) is 4.29. The molecule has 0 N–H and O–H groups in total. The molecule has 0 aliphatic carbocycles. The lowest BCUT2D eigenvalue weighted by Gasteiger charge is -2.07. The van der Waals surface area contributed by atoms with Crippen molar-refractivity contribution in [2.75, 3.05) is 0 Å². The van der Waals surface area contributed by atoms with Crippen molar-refractivity contribution >= 4 is 48.6 Å². The van der Waals surface area contributed by atoms with E-state index in [0.29, 0.717) is 10.7 Å². The molecule has 0 radical (unpaired) electrons. The number of aromatic nitrogens is 2. The van der Waals surface area contributed by atoms with E-state index in [-0.39, 0.29) is 4.90 Å². The molecule has 4 aromatic rings. The molecule has 0 saturated heterocycles. The van der Waals surface area contributed by atoms with Gasteiger partial charge in [0.2, 0.25) is 0 Å². The summed E-state index contributed by atoms with van der Waals surface area (Å²) >= 11 is 9.55. The van der Waals surface area contributed by atoms with Crippen molar-refractivity contribution in [2.24, 2.45) is 0 Å². The van der Waals surface area contributed by atoms with Gasteiger partial charge in [0.15, 0.2) is 5.65 Å². The van der Waals surface area contributed by atoms with E-state index in [0.717, 1.165) is 26.5 Å². The fourth-order valence-corrected chi connectivity index (χ4v) is 4.79. The highest BCUT2D eigenvalue weighted by Crippen LogP contribution is 2.34. The zero-order valence-electron chi connectivity index (χ0n) is 14.2. The number of nitrogens with zero attached hydrogens (tertiary/aromatic N) is 2. The van der Waals surface area contributed by atoms with Gasteiger partial charge in [-0.25, -0.2) is 17.4 Å². The van der Waals surface area contributed by atoms with Crippen LogP contribution in [0.15, 0.2) is 76.4 Å². The number of pyridine rings is 1. The zero-order valence-corrected chi connectivity index (χ0v) is 17.4. The van der Waals surface area contributed by atoms with E-state index in [2.05, 4.69) is 20.9 Å². The largest absolute Gasteiger partial charge is 0.269 e. The van der Waals surface area contributed by atoms with E-state index in [1.165, 1.54) is 3.97 Å². The molecule has 0 aliphatic heterocycles. The van der Waals surface area contributed by atoms with Crippen LogP contribution in [0.3, 0.4) is 0 Å². The van der Waals surface area contributed by atoms with Crippen LogP contribution in [0.1, 0.15) is 5.56 Å². The Bertz CT molecular complexity index is 1270. The van der Waals surface area contributed by atoms with Crippen molar-refractivity contribution in [1.29, 1.82) is 0 Å². The molecule has 0 bridgehead atoms. The van der Waals surface area contributed by atoms with Crippen molar-refractivity contribution < 1.29 is 8.42 Å². The van der Waals surface area contributed by atoms with Gasteiger partial charge in [0.1, 0.15) is 0 Å². The van der Waals surface area contributed by atoms with E-state index in [9.17, 15) is 8.42 Å². The van der Waals surface area contributed by atoms with Crippen LogP contribution < -0.4 is 0 Å². The van der Waals surface area contributed by atoms with Crippen LogP contribution >= 0.6 is 27.5 Å². The maximum absolute atomic E-state index is 13.2. The average molecular weight is 462 g/mol. The Balaban J connectivity index is 2.01. The monoisotopic (exact) mass is 460 g/mol. The van der Waals surface area contributed by atoms with Gasteiger partial charge in [0.25, 0.3) is 10.0 Å². The summed E-state index contributed by atoms with van der Waals surface area (Å²) in [5.41, 5.74) is 2.93. The summed E-state index contributed by atoms with van der Waals surface area (Å²) in [7, 11) is -3.79. The van der Waals surface area contributed by atoms with Gasteiger partial charge in [-0.05, 0) is 58.7 Å². The number of fused-ring (bicyclic) bond motifs is 1. The van der Waals surface area contributed by atoms with Crippen LogP contribution in [0, 0.1) is 6.92 Å². The lowest BCUT2D eigenvalue weighted by molar-refractivity contribution is 0.589. The van der Waals surface area contributed by atoms with Crippen LogP contribution in [-0.2, 0) is 10.0 Å². The van der Waals surface area contributed by atoms with Crippen LogP contribution in [0.2, 0.25) is 5.02 Å². The highest BCUT2D eigenvalue weighted by atomic mass is 79.9. The van der Waals surface area contributed by atoms with Gasteiger partial charge >= 0.3 is 0 Å². The first-order chi connectivity index (χ1) is 12.9. The average Bonchev–Trinajstić information content (AvgIpc) is 3.01. The molecule has 2 heterocycles. The number of rotatable bonds is 3. The van der Waals surface area contributed by atoms with Gasteiger partial charge in [-0.2, -0.15) is 0 Å². The van der Waals surface area contributed by atoms with Gasteiger partial charge in [0, 0.05) is 32.8 Å². The van der Waals surface area contributed by atoms with Crippen molar-refractivity contribution in [3.63, 3.8) is 0 Å². The molecule has 2 aromatic carbocycles. The highest BCUT2D eigenvalue weighted by molar-refractivity contribution is 9.10. The molecule has 136 valence electrons. The van der Waals surface area contributed by atoms with Gasteiger partial charge in [-0.1, -0.05) is 41.4 Å². The molecular weight excluding hydrogens is 448 g/mol. The van der Waals surface area contributed by atoms with Crippen molar-refractivity contribution in [2.45, 2.75) is 11.8 Å². The molecule has 2 aromatic heterocycles. The molecule has 0 spiro atoms. The van der Waals surface area contributed by atoms with E-state index in [4.69, 9.17) is 11.6 Å². The number of aryl methyl sites for hydroxylation is 1. The van der Waals surface area contributed by atoms with Crippen molar-refractivity contribution in [1.82, 2.24) is 8.96 Å². The second kappa shape index (κ2) is 6.78. The lowest BCUT2D eigenvalue weighted by Crippen LogP contribution is -2.12. The zero-order chi connectivity index (χ0) is 19.2. The fraction of sp³-hybridized carbons (Fsp3) is 0.0500. The van der Waals surface area contributed by atoms with Gasteiger partial charge in [-0.3, -0.25) is 0 Å². The molecule has 4 nitrogen and oxygen atoms in total. The van der Waals surface area contributed by atoms with Crippen molar-refractivity contribution in [3.8, 4) is 11.1 Å². The van der Waals surface area contributed by atoms with E-state index < -0.39 is 10.0 Å². The Labute approximate surface area is 170 Å². The summed E-state index contributed by atoms with van der Waals surface area (Å²) in [5.74, 6) is 0. The number of hydrogen-bond donors (Lipinski definition) is 0. The summed E-state index contributed by atoms with van der Waals surface area (Å²) in [4.78, 5) is 4.58. The number of benzene rings is 2. The first-order valence-corrected chi connectivity index (χ1v) is 10.7. The topological polar surface area (TPSA) is 52.0 Å². The molecule has 27 heavy (non-hydrogen) atoms. The molecule has 7 heteroatoms. The number of hydrogen-bond acceptors (Lipinski definition) is 3. The van der Waals surface area contributed by atoms with Crippen LogP contribution in [-0.4, -0.2) is 17.4 Å². The third kappa shape index (κ3) is 3.29. The Morgan fingerprint density at radius 1 is 1.07 bits per heavy atom. The predicted octanol–water partition coefficient (Wildman–Crippen LogP) is 5.66. The van der Waals surface area contributed by atoms with E-state index in [1.807, 2.05) is 25.1 Å². The standard InChI is InChI=1S/C20H14BrClN2O2S/c1-13-5-7-17(8-6-13)27(25,26)24-12-19(14-3-2-4-16(22)9-14)18-10-15(21)11-23-20(18)24/h2-12H,1H3. The Hall–Kier alpha value is -2.15. The van der Waals surface area contributed by atoms with Crippen LogP contribution in [0.5, 0.6) is 0 Å². The Morgan fingerprint density at radius 2 is 1.81 bits per heavy atom. The molecule has 0 atom stereocenters. The van der Waals surface area contributed by atoms with Gasteiger partial charge in [0.05, 0.1) is 4.90 Å². The third-order valence-corrected chi connectivity index (χ3v) is 6.62. The second-order valence-electron chi connectivity index (χ2n) is 6.19. The minimum Gasteiger partial charge on any atom is -0.236 e. The SMILES string of the molecule is Cc1ccc(S(=O)(=O)n2cc(-c3cccc(Cl)c3)c3cc(Br)cnc32)cc1. The predicted molar refractivity (Wildman–Crippen MR) is 112 cm³/mol. The summed E-state index contributed by atoms with van der Waals surface area (Å²) in [5, 5.41) is 1.31. The van der Waals surface area contributed by atoms with Crippen molar-refractivity contribution in [3.05, 3.63) is 82.0 Å². The lowest BCUT2D eigenvalue weighted by atomic mass is 10.1. The van der Waals surface area contributed by atoms with E-state index >= 15 is 0 Å². The first kappa shape index (κ1) is 18.2. The van der Waals surface area contributed by atoms with Crippen LogP contribution in [0.4, 0.5) is 0 Å². The second-order valence-corrected chi connectivity index (χ2v) is 9.36. The molecule has 4 rings (SSSR count). The maximum Gasteiger partial charge on any atom is 0.269 e.